The number of methoxy groups -OCH3 is 1. The monoisotopic (exact) mass is 533 g/mol. The highest BCUT2D eigenvalue weighted by molar-refractivity contribution is 7.92. The standard InChI is InChI=1S/C27H36FN3O5S/c1-20(27(33)29-22-10-5-6-11-22)30(19-21-9-4-7-12-25(21)28)26(32)13-8-18-31(37(3,34)35)23-14-16-24(36-2)17-15-23/h4,7,9,12,14-17,20,22H,5-6,8,10-11,13,18-19H2,1-3H3,(H,29,33)/t20-/m0/s1. The van der Waals surface area contributed by atoms with E-state index in [4.69, 9.17) is 4.74 Å². The summed E-state index contributed by atoms with van der Waals surface area (Å²) >= 11 is 0. The molecule has 0 bridgehead atoms. The zero-order valence-corrected chi connectivity index (χ0v) is 22.5. The van der Waals surface area contributed by atoms with E-state index in [1.54, 1.807) is 49.4 Å². The SMILES string of the molecule is COc1ccc(N(CCCC(=O)N(Cc2ccccc2F)[C@@H](C)C(=O)NC2CCCC2)S(C)(=O)=O)cc1. The van der Waals surface area contributed by atoms with Gasteiger partial charge in [-0.2, -0.15) is 0 Å². The second-order valence-corrected chi connectivity index (χ2v) is 11.3. The highest BCUT2D eigenvalue weighted by Gasteiger charge is 2.29. The first-order chi connectivity index (χ1) is 17.6. The third-order valence-electron chi connectivity index (χ3n) is 6.68. The van der Waals surface area contributed by atoms with Crippen LogP contribution in [0.2, 0.25) is 0 Å². The summed E-state index contributed by atoms with van der Waals surface area (Å²) in [5.41, 5.74) is 0.774. The van der Waals surface area contributed by atoms with Crippen molar-refractivity contribution in [3.63, 3.8) is 0 Å². The maximum Gasteiger partial charge on any atom is 0.242 e. The summed E-state index contributed by atoms with van der Waals surface area (Å²) in [6, 6.07) is 12.1. The summed E-state index contributed by atoms with van der Waals surface area (Å²) in [5, 5.41) is 3.02. The molecule has 1 aliphatic carbocycles. The van der Waals surface area contributed by atoms with Crippen molar-refractivity contribution in [3.05, 3.63) is 59.9 Å². The Balaban J connectivity index is 1.72. The fourth-order valence-corrected chi connectivity index (χ4v) is 5.50. The Bertz CT molecular complexity index is 1170. The fraction of sp³-hybridized carbons (Fsp3) is 0.481. The maximum atomic E-state index is 14.4. The molecule has 1 atom stereocenters. The molecule has 2 amide bonds. The summed E-state index contributed by atoms with van der Waals surface area (Å²) in [4.78, 5) is 27.7. The minimum absolute atomic E-state index is 0.00231. The summed E-state index contributed by atoms with van der Waals surface area (Å²) < 4.78 is 45.7. The first-order valence-electron chi connectivity index (χ1n) is 12.5. The normalized spacial score (nSPS) is 14.7. The average Bonchev–Trinajstić information content (AvgIpc) is 3.38. The number of nitrogens with zero attached hydrogens (tertiary/aromatic N) is 2. The Labute approximate surface area is 218 Å². The number of carbonyl (C=O) groups is 2. The maximum absolute atomic E-state index is 14.4. The lowest BCUT2D eigenvalue weighted by atomic mass is 10.1. The molecular weight excluding hydrogens is 497 g/mol. The van der Waals surface area contributed by atoms with Gasteiger partial charge in [0.05, 0.1) is 19.1 Å². The number of sulfonamides is 1. The number of carbonyl (C=O) groups excluding carboxylic acids is 2. The van der Waals surface area contributed by atoms with Crippen molar-refractivity contribution in [2.45, 2.75) is 64.1 Å². The van der Waals surface area contributed by atoms with Crippen molar-refractivity contribution in [3.8, 4) is 5.75 Å². The quantitative estimate of drug-likeness (QED) is 0.447. The number of anilines is 1. The van der Waals surface area contributed by atoms with Crippen molar-refractivity contribution in [2.24, 2.45) is 0 Å². The van der Waals surface area contributed by atoms with Gasteiger partial charge in [-0.05, 0) is 56.5 Å². The van der Waals surface area contributed by atoms with Crippen LogP contribution >= 0.6 is 0 Å². The number of halogens is 1. The van der Waals surface area contributed by atoms with Crippen molar-refractivity contribution in [1.29, 1.82) is 0 Å². The second-order valence-electron chi connectivity index (χ2n) is 9.42. The van der Waals surface area contributed by atoms with E-state index in [1.165, 1.54) is 22.4 Å². The smallest absolute Gasteiger partial charge is 0.242 e. The molecule has 1 aliphatic rings. The van der Waals surface area contributed by atoms with Gasteiger partial charge in [0.25, 0.3) is 0 Å². The van der Waals surface area contributed by atoms with E-state index in [2.05, 4.69) is 5.32 Å². The van der Waals surface area contributed by atoms with Crippen LogP contribution in [0.5, 0.6) is 5.75 Å². The average molecular weight is 534 g/mol. The van der Waals surface area contributed by atoms with Gasteiger partial charge in [0.1, 0.15) is 17.6 Å². The zero-order chi connectivity index (χ0) is 27.0. The van der Waals surface area contributed by atoms with Gasteiger partial charge in [0, 0.05) is 31.1 Å². The van der Waals surface area contributed by atoms with Gasteiger partial charge in [-0.25, -0.2) is 12.8 Å². The van der Waals surface area contributed by atoms with Gasteiger partial charge in [0.2, 0.25) is 21.8 Å². The Morgan fingerprint density at radius 3 is 2.35 bits per heavy atom. The molecule has 0 heterocycles. The van der Waals surface area contributed by atoms with Crippen LogP contribution in [0, 0.1) is 5.82 Å². The molecule has 1 N–H and O–H groups in total. The first-order valence-corrected chi connectivity index (χ1v) is 14.4. The van der Waals surface area contributed by atoms with Crippen molar-refractivity contribution >= 4 is 27.5 Å². The number of amides is 2. The highest BCUT2D eigenvalue weighted by atomic mass is 32.2. The van der Waals surface area contributed by atoms with E-state index in [9.17, 15) is 22.4 Å². The van der Waals surface area contributed by atoms with Gasteiger partial charge in [0.15, 0.2) is 0 Å². The van der Waals surface area contributed by atoms with Crippen molar-refractivity contribution < 1.29 is 27.1 Å². The van der Waals surface area contributed by atoms with Gasteiger partial charge >= 0.3 is 0 Å². The fourth-order valence-electron chi connectivity index (χ4n) is 4.54. The predicted octanol–water partition coefficient (Wildman–Crippen LogP) is 3.86. The van der Waals surface area contributed by atoms with E-state index in [-0.39, 0.29) is 43.8 Å². The topological polar surface area (TPSA) is 96.0 Å². The van der Waals surface area contributed by atoms with Crippen LogP contribution in [0.15, 0.2) is 48.5 Å². The largest absolute Gasteiger partial charge is 0.497 e. The molecule has 1 saturated carbocycles. The molecule has 1 fully saturated rings. The third-order valence-corrected chi connectivity index (χ3v) is 7.87. The summed E-state index contributed by atoms with van der Waals surface area (Å²) in [5.74, 6) is -0.472. The van der Waals surface area contributed by atoms with E-state index in [0.717, 1.165) is 31.9 Å². The lowest BCUT2D eigenvalue weighted by molar-refractivity contribution is -0.141. The molecule has 0 radical (unpaired) electrons. The Morgan fingerprint density at radius 1 is 1.11 bits per heavy atom. The number of ether oxygens (including phenoxy) is 1. The van der Waals surface area contributed by atoms with Gasteiger partial charge < -0.3 is 15.0 Å². The lowest BCUT2D eigenvalue weighted by Gasteiger charge is -2.30. The minimum atomic E-state index is -3.60. The molecule has 8 nitrogen and oxygen atoms in total. The number of nitrogens with one attached hydrogen (secondary N) is 1. The Morgan fingerprint density at radius 2 is 1.76 bits per heavy atom. The first kappa shape index (κ1) is 28.4. The molecule has 0 aliphatic heterocycles. The molecular formula is C27H36FN3O5S. The molecule has 10 heteroatoms. The lowest BCUT2D eigenvalue weighted by Crippen LogP contribution is -2.49. The third kappa shape index (κ3) is 7.92. The Kier molecular flexibility index (Phi) is 9.91. The van der Waals surface area contributed by atoms with Crippen LogP contribution in [-0.4, -0.2) is 57.1 Å². The van der Waals surface area contributed by atoms with Crippen molar-refractivity contribution in [1.82, 2.24) is 10.2 Å². The van der Waals surface area contributed by atoms with Crippen molar-refractivity contribution in [2.75, 3.05) is 24.2 Å². The predicted molar refractivity (Wildman–Crippen MR) is 141 cm³/mol. The summed E-state index contributed by atoms with van der Waals surface area (Å²) in [6.45, 7) is 1.66. The molecule has 0 spiro atoms. The number of hydrogen-bond donors (Lipinski definition) is 1. The molecule has 0 aromatic heterocycles. The van der Waals surface area contributed by atoms with Crippen LogP contribution in [-0.2, 0) is 26.2 Å². The molecule has 2 aromatic carbocycles. The molecule has 2 aromatic rings. The molecule has 202 valence electrons. The molecule has 0 saturated heterocycles. The highest BCUT2D eigenvalue weighted by Crippen LogP contribution is 2.23. The molecule has 3 rings (SSSR count). The summed E-state index contributed by atoms with van der Waals surface area (Å²) in [7, 11) is -2.07. The number of hydrogen-bond acceptors (Lipinski definition) is 5. The Hall–Kier alpha value is -3.14. The molecule has 37 heavy (non-hydrogen) atoms. The van der Waals surface area contributed by atoms with E-state index < -0.39 is 21.9 Å². The van der Waals surface area contributed by atoms with Gasteiger partial charge in [-0.1, -0.05) is 31.0 Å². The van der Waals surface area contributed by atoms with Crippen LogP contribution < -0.4 is 14.4 Å². The van der Waals surface area contributed by atoms with Crippen LogP contribution in [0.25, 0.3) is 0 Å². The zero-order valence-electron chi connectivity index (χ0n) is 21.7. The van der Waals surface area contributed by atoms with E-state index >= 15 is 0 Å². The van der Waals surface area contributed by atoms with Crippen LogP contribution in [0.4, 0.5) is 10.1 Å². The van der Waals surface area contributed by atoms with Gasteiger partial charge in [-0.15, -0.1) is 0 Å². The van der Waals surface area contributed by atoms with Crippen LogP contribution in [0.1, 0.15) is 51.0 Å². The van der Waals surface area contributed by atoms with Crippen LogP contribution in [0.3, 0.4) is 0 Å². The summed E-state index contributed by atoms with van der Waals surface area (Å²) in [6.07, 6.45) is 5.27. The molecule has 0 unspecified atom stereocenters. The number of rotatable bonds is 12. The van der Waals surface area contributed by atoms with E-state index in [1.807, 2.05) is 0 Å². The second kappa shape index (κ2) is 12.9. The number of benzene rings is 2. The van der Waals surface area contributed by atoms with E-state index in [0.29, 0.717) is 17.0 Å². The minimum Gasteiger partial charge on any atom is -0.497 e. The van der Waals surface area contributed by atoms with Gasteiger partial charge in [-0.3, -0.25) is 13.9 Å².